The molecule has 0 aliphatic carbocycles. The van der Waals surface area contributed by atoms with Crippen molar-refractivity contribution < 1.29 is 26.4 Å². The number of sulfonamides is 1. The molecule has 11 heteroatoms. The number of anilines is 1. The molecule has 158 valence electrons. The highest BCUT2D eigenvalue weighted by atomic mass is 32.2. The molecule has 0 bridgehead atoms. The summed E-state index contributed by atoms with van der Waals surface area (Å²) in [4.78, 5) is 24.4. The number of rotatable bonds is 5. The van der Waals surface area contributed by atoms with Gasteiger partial charge in [0.05, 0.1) is 16.1 Å². The van der Waals surface area contributed by atoms with Crippen molar-refractivity contribution in [3.63, 3.8) is 0 Å². The highest BCUT2D eigenvalue weighted by Gasteiger charge is 2.28. The molecule has 1 amide bonds. The van der Waals surface area contributed by atoms with E-state index in [0.717, 1.165) is 35.6 Å². The molecular weight excluding hydrogens is 420 g/mol. The van der Waals surface area contributed by atoms with Gasteiger partial charge in [0.1, 0.15) is 18.2 Å². The zero-order chi connectivity index (χ0) is 21.5. The topological polar surface area (TPSA) is 102 Å². The molecule has 0 spiro atoms. The van der Waals surface area contributed by atoms with Crippen LogP contribution in [0.15, 0.2) is 50.5 Å². The van der Waals surface area contributed by atoms with Gasteiger partial charge in [-0.15, -0.1) is 0 Å². The monoisotopic (exact) mass is 437 g/mol. The van der Waals surface area contributed by atoms with Crippen LogP contribution in [-0.4, -0.2) is 36.3 Å². The minimum absolute atomic E-state index is 0.00464. The van der Waals surface area contributed by atoms with E-state index in [1.807, 2.05) is 0 Å². The van der Waals surface area contributed by atoms with Gasteiger partial charge in [0.25, 0.3) is 0 Å². The van der Waals surface area contributed by atoms with Crippen LogP contribution in [-0.2, 0) is 21.4 Å². The SMILES string of the molecule is O=C(Cn1c(=O)oc2cc(S(=O)(=O)N3CCCC3)ccc21)Nc1cc(F)ccc1F. The molecule has 4 rings (SSSR count). The van der Waals surface area contributed by atoms with Crippen molar-refractivity contribution in [3.8, 4) is 0 Å². The average Bonchev–Trinajstić information content (AvgIpc) is 3.33. The Labute approximate surface area is 169 Å². The Morgan fingerprint density at radius 3 is 2.57 bits per heavy atom. The minimum Gasteiger partial charge on any atom is -0.408 e. The second kappa shape index (κ2) is 7.65. The van der Waals surface area contributed by atoms with Crippen molar-refractivity contribution >= 4 is 32.7 Å². The number of hydrogen-bond acceptors (Lipinski definition) is 5. The Morgan fingerprint density at radius 2 is 1.83 bits per heavy atom. The van der Waals surface area contributed by atoms with Crippen LogP contribution in [0.4, 0.5) is 14.5 Å². The predicted molar refractivity (Wildman–Crippen MR) is 103 cm³/mol. The van der Waals surface area contributed by atoms with Crippen LogP contribution in [0.1, 0.15) is 12.8 Å². The van der Waals surface area contributed by atoms with Gasteiger partial charge in [-0.25, -0.2) is 22.0 Å². The molecule has 0 saturated carbocycles. The van der Waals surface area contributed by atoms with Gasteiger partial charge in [-0.1, -0.05) is 0 Å². The lowest BCUT2D eigenvalue weighted by molar-refractivity contribution is -0.116. The van der Waals surface area contributed by atoms with Gasteiger partial charge in [0, 0.05) is 25.2 Å². The minimum atomic E-state index is -3.70. The summed E-state index contributed by atoms with van der Waals surface area (Å²) in [7, 11) is -3.70. The van der Waals surface area contributed by atoms with Crippen LogP contribution < -0.4 is 11.1 Å². The largest absolute Gasteiger partial charge is 0.420 e. The first-order chi connectivity index (χ1) is 14.3. The van der Waals surface area contributed by atoms with Crippen molar-refractivity contribution in [2.45, 2.75) is 24.3 Å². The number of carbonyl (C=O) groups excluding carboxylic acids is 1. The first-order valence-corrected chi connectivity index (χ1v) is 10.6. The Balaban J connectivity index is 1.61. The van der Waals surface area contributed by atoms with E-state index in [1.165, 1.54) is 22.5 Å². The molecule has 2 heterocycles. The Morgan fingerprint density at radius 1 is 1.10 bits per heavy atom. The summed E-state index contributed by atoms with van der Waals surface area (Å²) in [5.41, 5.74) is -0.153. The number of hydrogen-bond donors (Lipinski definition) is 1. The molecule has 1 saturated heterocycles. The van der Waals surface area contributed by atoms with Gasteiger partial charge < -0.3 is 9.73 Å². The summed E-state index contributed by atoms with van der Waals surface area (Å²) in [6.07, 6.45) is 1.57. The molecule has 1 aliphatic rings. The smallest absolute Gasteiger partial charge is 0.408 e. The third-order valence-corrected chi connectivity index (χ3v) is 6.74. The fourth-order valence-electron chi connectivity index (χ4n) is 3.36. The Hall–Kier alpha value is -3.05. The third-order valence-electron chi connectivity index (χ3n) is 4.85. The van der Waals surface area contributed by atoms with Gasteiger partial charge in [0.2, 0.25) is 15.9 Å². The molecule has 30 heavy (non-hydrogen) atoms. The number of benzene rings is 2. The highest BCUT2D eigenvalue weighted by Crippen LogP contribution is 2.24. The van der Waals surface area contributed by atoms with E-state index in [0.29, 0.717) is 13.1 Å². The number of oxazole rings is 1. The Bertz CT molecular complexity index is 1290. The molecule has 1 fully saturated rings. The van der Waals surface area contributed by atoms with E-state index in [-0.39, 0.29) is 21.7 Å². The summed E-state index contributed by atoms with van der Waals surface area (Å²) in [5.74, 6) is -3.22. The fraction of sp³-hybridized carbons (Fsp3) is 0.263. The van der Waals surface area contributed by atoms with Crippen LogP contribution in [0.5, 0.6) is 0 Å². The lowest BCUT2D eigenvalue weighted by Gasteiger charge is -2.15. The maximum absolute atomic E-state index is 13.7. The molecule has 3 aromatic rings. The van der Waals surface area contributed by atoms with Gasteiger partial charge in [0.15, 0.2) is 5.58 Å². The van der Waals surface area contributed by atoms with Crippen molar-refractivity contribution in [3.05, 3.63) is 58.6 Å². The summed E-state index contributed by atoms with van der Waals surface area (Å²) < 4.78 is 59.8. The molecule has 8 nitrogen and oxygen atoms in total. The number of amides is 1. The highest BCUT2D eigenvalue weighted by molar-refractivity contribution is 7.89. The number of aromatic nitrogens is 1. The van der Waals surface area contributed by atoms with E-state index in [4.69, 9.17) is 4.42 Å². The zero-order valence-corrected chi connectivity index (χ0v) is 16.4. The van der Waals surface area contributed by atoms with Gasteiger partial charge in [-0.05, 0) is 37.1 Å². The van der Waals surface area contributed by atoms with Crippen molar-refractivity contribution in [2.24, 2.45) is 0 Å². The lowest BCUT2D eigenvalue weighted by Crippen LogP contribution is -2.27. The summed E-state index contributed by atoms with van der Waals surface area (Å²) in [5, 5.41) is 2.20. The second-order valence-electron chi connectivity index (χ2n) is 6.87. The van der Waals surface area contributed by atoms with Crippen molar-refractivity contribution in [1.29, 1.82) is 0 Å². The first kappa shape index (κ1) is 20.2. The summed E-state index contributed by atoms with van der Waals surface area (Å²) in [6, 6.07) is 6.55. The molecular formula is C19H17F2N3O5S. The molecule has 1 aromatic heterocycles. The van der Waals surface area contributed by atoms with E-state index >= 15 is 0 Å². The lowest BCUT2D eigenvalue weighted by atomic mass is 10.3. The van der Waals surface area contributed by atoms with E-state index in [1.54, 1.807) is 0 Å². The maximum atomic E-state index is 13.7. The number of nitrogens with zero attached hydrogens (tertiary/aromatic N) is 2. The third kappa shape index (κ3) is 3.73. The normalized spacial score (nSPS) is 15.0. The number of nitrogens with one attached hydrogen (secondary N) is 1. The van der Waals surface area contributed by atoms with E-state index in [2.05, 4.69) is 5.32 Å². The molecule has 1 N–H and O–H groups in total. The molecule has 2 aromatic carbocycles. The zero-order valence-electron chi connectivity index (χ0n) is 15.6. The van der Waals surface area contributed by atoms with Crippen molar-refractivity contribution in [2.75, 3.05) is 18.4 Å². The van der Waals surface area contributed by atoms with Crippen LogP contribution >= 0.6 is 0 Å². The maximum Gasteiger partial charge on any atom is 0.420 e. The van der Waals surface area contributed by atoms with Crippen LogP contribution in [0, 0.1) is 11.6 Å². The van der Waals surface area contributed by atoms with E-state index in [9.17, 15) is 26.8 Å². The fourth-order valence-corrected chi connectivity index (χ4v) is 4.89. The van der Waals surface area contributed by atoms with Crippen molar-refractivity contribution in [1.82, 2.24) is 8.87 Å². The van der Waals surface area contributed by atoms with Crippen LogP contribution in [0.3, 0.4) is 0 Å². The number of carbonyl (C=O) groups is 1. The van der Waals surface area contributed by atoms with Gasteiger partial charge in [-0.3, -0.25) is 9.36 Å². The molecule has 0 radical (unpaired) electrons. The standard InChI is InChI=1S/C19H17F2N3O5S/c20-12-3-5-14(21)15(9-12)22-18(25)11-24-16-6-4-13(10-17(16)29-19(24)26)30(27,28)23-7-1-2-8-23/h3-6,9-10H,1-2,7-8,11H2,(H,22,25). The summed E-state index contributed by atoms with van der Waals surface area (Å²) in [6.45, 7) is 0.338. The average molecular weight is 437 g/mol. The Kier molecular flexibility index (Phi) is 5.16. The number of halogens is 2. The number of fused-ring (bicyclic) bond motifs is 1. The predicted octanol–water partition coefficient (Wildman–Crippen LogP) is 2.30. The first-order valence-electron chi connectivity index (χ1n) is 9.14. The second-order valence-corrected chi connectivity index (χ2v) is 8.81. The molecule has 1 aliphatic heterocycles. The molecule has 0 unspecified atom stereocenters. The van der Waals surface area contributed by atoms with Crippen LogP contribution in [0.2, 0.25) is 0 Å². The molecule has 0 atom stereocenters. The van der Waals surface area contributed by atoms with Gasteiger partial charge >= 0.3 is 5.76 Å². The van der Waals surface area contributed by atoms with Crippen LogP contribution in [0.25, 0.3) is 11.1 Å². The van der Waals surface area contributed by atoms with E-state index < -0.39 is 39.9 Å². The van der Waals surface area contributed by atoms with Gasteiger partial charge in [-0.2, -0.15) is 4.31 Å². The summed E-state index contributed by atoms with van der Waals surface area (Å²) >= 11 is 0. The quantitative estimate of drug-likeness (QED) is 0.660.